The maximum atomic E-state index is 4.89. The highest BCUT2D eigenvalue weighted by Crippen LogP contribution is 2.38. The van der Waals surface area contributed by atoms with E-state index in [4.69, 9.17) is 9.97 Å². The molecule has 0 amide bonds. The Labute approximate surface area is 118 Å². The molecule has 102 valence electrons. The van der Waals surface area contributed by atoms with E-state index in [1.165, 1.54) is 36.2 Å². The molecule has 0 bridgehead atoms. The highest BCUT2D eigenvalue weighted by atomic mass is 15.0. The molecule has 2 aromatic heterocycles. The summed E-state index contributed by atoms with van der Waals surface area (Å²) in [6, 6.07) is 3.99. The number of hydrogen-bond donors (Lipinski definition) is 1. The molecule has 1 aliphatic heterocycles. The van der Waals surface area contributed by atoms with Crippen LogP contribution >= 0.6 is 0 Å². The van der Waals surface area contributed by atoms with Crippen molar-refractivity contribution in [3.63, 3.8) is 0 Å². The van der Waals surface area contributed by atoms with E-state index in [9.17, 15) is 0 Å². The Morgan fingerprint density at radius 2 is 2.15 bits per heavy atom. The number of hydrogen-bond acceptors (Lipinski definition) is 4. The Bertz CT molecular complexity index is 620. The van der Waals surface area contributed by atoms with Crippen LogP contribution < -0.4 is 5.32 Å². The second-order valence-corrected chi connectivity index (χ2v) is 5.65. The molecule has 4 nitrogen and oxygen atoms in total. The fourth-order valence-corrected chi connectivity index (χ4v) is 3.01. The van der Waals surface area contributed by atoms with E-state index in [0.29, 0.717) is 5.92 Å². The van der Waals surface area contributed by atoms with Gasteiger partial charge < -0.3 is 5.32 Å². The third-order valence-corrected chi connectivity index (χ3v) is 4.38. The number of rotatable bonds is 2. The Morgan fingerprint density at radius 1 is 1.20 bits per heavy atom. The van der Waals surface area contributed by atoms with Gasteiger partial charge in [0.05, 0.1) is 11.4 Å². The second-order valence-electron chi connectivity index (χ2n) is 5.65. The van der Waals surface area contributed by atoms with Crippen LogP contribution in [0.15, 0.2) is 24.5 Å². The molecular formula is C16H18N4. The van der Waals surface area contributed by atoms with Gasteiger partial charge in [-0.05, 0) is 25.0 Å². The van der Waals surface area contributed by atoms with Crippen LogP contribution in [0.3, 0.4) is 0 Å². The van der Waals surface area contributed by atoms with E-state index in [-0.39, 0.29) is 0 Å². The van der Waals surface area contributed by atoms with Gasteiger partial charge in [-0.2, -0.15) is 0 Å². The minimum Gasteiger partial charge on any atom is -0.312 e. The molecule has 4 rings (SSSR count). The predicted octanol–water partition coefficient (Wildman–Crippen LogP) is 2.45. The van der Waals surface area contributed by atoms with Gasteiger partial charge in [0.2, 0.25) is 0 Å². The fourth-order valence-electron chi connectivity index (χ4n) is 3.01. The van der Waals surface area contributed by atoms with Crippen molar-refractivity contribution in [3.05, 3.63) is 41.5 Å². The first-order valence-corrected chi connectivity index (χ1v) is 7.42. The zero-order valence-corrected chi connectivity index (χ0v) is 11.5. The third kappa shape index (κ3) is 2.00. The number of nitrogens with zero attached hydrogens (tertiary/aromatic N) is 3. The number of aromatic nitrogens is 3. The molecule has 3 heterocycles. The zero-order valence-electron chi connectivity index (χ0n) is 11.5. The molecule has 1 saturated carbocycles. The number of fused-ring (bicyclic) bond motifs is 1. The van der Waals surface area contributed by atoms with Crippen LogP contribution in [0, 0.1) is 0 Å². The SMILES string of the molecule is c1cncc(-c2nc3c(c(C4CCC4)n2)CNCC3)c1. The van der Waals surface area contributed by atoms with Crippen molar-refractivity contribution in [1.29, 1.82) is 0 Å². The number of pyridine rings is 1. The molecule has 0 unspecified atom stereocenters. The van der Waals surface area contributed by atoms with E-state index in [1.807, 2.05) is 18.3 Å². The third-order valence-electron chi connectivity index (χ3n) is 4.38. The molecule has 1 N–H and O–H groups in total. The van der Waals surface area contributed by atoms with Gasteiger partial charge in [0.15, 0.2) is 5.82 Å². The summed E-state index contributed by atoms with van der Waals surface area (Å²) in [5, 5.41) is 3.45. The van der Waals surface area contributed by atoms with Crippen LogP contribution in [0.1, 0.15) is 42.1 Å². The van der Waals surface area contributed by atoms with Crippen LogP contribution in [0.2, 0.25) is 0 Å². The van der Waals surface area contributed by atoms with E-state index < -0.39 is 0 Å². The molecule has 4 heteroatoms. The van der Waals surface area contributed by atoms with Crippen molar-refractivity contribution in [3.8, 4) is 11.4 Å². The Morgan fingerprint density at radius 3 is 2.90 bits per heavy atom. The second kappa shape index (κ2) is 4.94. The van der Waals surface area contributed by atoms with Crippen LogP contribution in [0.4, 0.5) is 0 Å². The average Bonchev–Trinajstić information content (AvgIpc) is 2.46. The summed E-state index contributed by atoms with van der Waals surface area (Å²) in [4.78, 5) is 13.9. The van der Waals surface area contributed by atoms with E-state index in [0.717, 1.165) is 30.9 Å². The molecule has 2 aliphatic rings. The van der Waals surface area contributed by atoms with Gasteiger partial charge in [-0.3, -0.25) is 4.98 Å². The van der Waals surface area contributed by atoms with E-state index in [2.05, 4.69) is 10.3 Å². The topological polar surface area (TPSA) is 50.7 Å². The molecule has 0 saturated heterocycles. The average molecular weight is 266 g/mol. The molecule has 0 radical (unpaired) electrons. The van der Waals surface area contributed by atoms with Gasteiger partial charge in [-0.25, -0.2) is 9.97 Å². The standard InChI is InChI=1S/C16H18N4/c1-3-11(4-1)15-13-10-18-8-6-14(13)19-16(20-15)12-5-2-7-17-9-12/h2,5,7,9,11,18H,1,3-4,6,8,10H2. The molecule has 2 aromatic rings. The summed E-state index contributed by atoms with van der Waals surface area (Å²) >= 11 is 0. The first-order valence-electron chi connectivity index (χ1n) is 7.42. The summed E-state index contributed by atoms with van der Waals surface area (Å²) < 4.78 is 0. The predicted molar refractivity (Wildman–Crippen MR) is 77.3 cm³/mol. The van der Waals surface area contributed by atoms with Crippen molar-refractivity contribution in [2.75, 3.05) is 6.54 Å². The highest BCUT2D eigenvalue weighted by Gasteiger charge is 2.27. The van der Waals surface area contributed by atoms with Gasteiger partial charge in [-0.1, -0.05) is 6.42 Å². The van der Waals surface area contributed by atoms with Crippen LogP contribution in [0.5, 0.6) is 0 Å². The first-order chi connectivity index (χ1) is 9.92. The largest absolute Gasteiger partial charge is 0.312 e. The molecule has 0 atom stereocenters. The van der Waals surface area contributed by atoms with Crippen molar-refractivity contribution >= 4 is 0 Å². The molecule has 1 aliphatic carbocycles. The maximum Gasteiger partial charge on any atom is 0.161 e. The summed E-state index contributed by atoms with van der Waals surface area (Å²) in [5.41, 5.74) is 4.90. The highest BCUT2D eigenvalue weighted by molar-refractivity contribution is 5.54. The Kier molecular flexibility index (Phi) is 2.96. The van der Waals surface area contributed by atoms with Crippen LogP contribution in [0.25, 0.3) is 11.4 Å². The van der Waals surface area contributed by atoms with Gasteiger partial charge in [0.25, 0.3) is 0 Å². The molecule has 0 aromatic carbocycles. The summed E-state index contributed by atoms with van der Waals surface area (Å²) in [7, 11) is 0. The lowest BCUT2D eigenvalue weighted by Crippen LogP contribution is -2.28. The lowest BCUT2D eigenvalue weighted by atomic mass is 9.80. The smallest absolute Gasteiger partial charge is 0.161 e. The van der Waals surface area contributed by atoms with Crippen molar-refractivity contribution in [2.24, 2.45) is 0 Å². The van der Waals surface area contributed by atoms with Crippen molar-refractivity contribution in [2.45, 2.75) is 38.1 Å². The minimum atomic E-state index is 0.641. The summed E-state index contributed by atoms with van der Waals surface area (Å²) in [6.45, 7) is 1.94. The van der Waals surface area contributed by atoms with Crippen LogP contribution in [-0.2, 0) is 13.0 Å². The fraction of sp³-hybridized carbons (Fsp3) is 0.438. The quantitative estimate of drug-likeness (QED) is 0.907. The first kappa shape index (κ1) is 12.0. The monoisotopic (exact) mass is 266 g/mol. The van der Waals surface area contributed by atoms with Gasteiger partial charge >= 0.3 is 0 Å². The lowest BCUT2D eigenvalue weighted by Gasteiger charge is -2.29. The summed E-state index contributed by atoms with van der Waals surface area (Å²) in [5.74, 6) is 1.49. The maximum absolute atomic E-state index is 4.89. The molecule has 1 fully saturated rings. The minimum absolute atomic E-state index is 0.641. The normalized spacial score (nSPS) is 18.4. The van der Waals surface area contributed by atoms with Gasteiger partial charge in [0.1, 0.15) is 0 Å². The van der Waals surface area contributed by atoms with Crippen molar-refractivity contribution < 1.29 is 0 Å². The molecular weight excluding hydrogens is 248 g/mol. The molecule has 20 heavy (non-hydrogen) atoms. The van der Waals surface area contributed by atoms with Crippen LogP contribution in [-0.4, -0.2) is 21.5 Å². The Hall–Kier alpha value is -1.81. The lowest BCUT2D eigenvalue weighted by molar-refractivity contribution is 0.404. The van der Waals surface area contributed by atoms with E-state index >= 15 is 0 Å². The number of nitrogens with one attached hydrogen (secondary N) is 1. The zero-order chi connectivity index (χ0) is 13.4. The summed E-state index contributed by atoms with van der Waals surface area (Å²) in [6.07, 6.45) is 8.53. The van der Waals surface area contributed by atoms with Gasteiger partial charge in [-0.15, -0.1) is 0 Å². The van der Waals surface area contributed by atoms with Gasteiger partial charge in [0, 0.05) is 48.9 Å². The Balaban J connectivity index is 1.84. The molecule has 0 spiro atoms. The van der Waals surface area contributed by atoms with Crippen molar-refractivity contribution in [1.82, 2.24) is 20.3 Å². The van der Waals surface area contributed by atoms with E-state index in [1.54, 1.807) is 6.20 Å².